The van der Waals surface area contributed by atoms with Crippen LogP contribution in [0, 0.1) is 0 Å². The van der Waals surface area contributed by atoms with E-state index in [-0.39, 0.29) is 0 Å². The van der Waals surface area contributed by atoms with Crippen molar-refractivity contribution in [2.75, 3.05) is 6.01 Å². The van der Waals surface area contributed by atoms with Gasteiger partial charge in [0.05, 0.1) is 0 Å². The molecule has 0 unspecified atom stereocenters. The van der Waals surface area contributed by atoms with Gasteiger partial charge in [-0.3, -0.25) is 0 Å². The maximum absolute atomic E-state index is 11.8. The van der Waals surface area contributed by atoms with Crippen molar-refractivity contribution in [3.63, 3.8) is 0 Å². The minimum absolute atomic E-state index is 0.415. The molecule has 0 saturated heterocycles. The van der Waals surface area contributed by atoms with Crippen LogP contribution < -0.4 is 5.46 Å². The Bertz CT molecular complexity index is 240. The van der Waals surface area contributed by atoms with Gasteiger partial charge in [-0.15, -0.1) is 0 Å². The predicted octanol–water partition coefficient (Wildman–Crippen LogP) is 0.385. The average Bonchev–Trinajstić information content (AvgIpc) is 2.06. The molecule has 0 heterocycles. The first-order valence-electron chi connectivity index (χ1n) is 3.39. The molecule has 64 valence electrons. The van der Waals surface area contributed by atoms with Gasteiger partial charge < -0.3 is 10.0 Å². The first-order valence-corrected chi connectivity index (χ1v) is 4.37. The molecule has 0 aliphatic rings. The van der Waals surface area contributed by atoms with Crippen LogP contribution in [-0.4, -0.2) is 23.2 Å². The molecule has 2 nitrogen and oxygen atoms in total. The van der Waals surface area contributed by atoms with Crippen LogP contribution in [0.5, 0.6) is 0 Å². The van der Waals surface area contributed by atoms with E-state index in [2.05, 4.69) is 0 Å². The van der Waals surface area contributed by atoms with Crippen LogP contribution in [0.2, 0.25) is 0 Å². The van der Waals surface area contributed by atoms with Gasteiger partial charge in [0, 0.05) is 4.90 Å². The van der Waals surface area contributed by atoms with Crippen LogP contribution in [0.4, 0.5) is 4.39 Å². The van der Waals surface area contributed by atoms with Gasteiger partial charge in [0.1, 0.15) is 6.01 Å². The smallest absolute Gasteiger partial charge is 0.423 e. The van der Waals surface area contributed by atoms with Crippen LogP contribution in [-0.2, 0) is 0 Å². The van der Waals surface area contributed by atoms with Gasteiger partial charge >= 0.3 is 7.12 Å². The lowest BCUT2D eigenvalue weighted by Gasteiger charge is -2.00. The molecule has 0 aliphatic heterocycles. The number of halogens is 1. The Kier molecular flexibility index (Phi) is 3.59. The standard InChI is InChI=1S/C7H8BFO2S/c9-5-12-7-3-1-6(2-4-7)8(10)11/h1-4,10-11H,5H2. The zero-order valence-electron chi connectivity index (χ0n) is 6.27. The molecule has 0 amide bonds. The lowest BCUT2D eigenvalue weighted by molar-refractivity contribution is 0.426. The van der Waals surface area contributed by atoms with E-state index in [4.69, 9.17) is 10.0 Å². The highest BCUT2D eigenvalue weighted by Crippen LogP contribution is 2.15. The minimum atomic E-state index is -1.45. The molecule has 0 atom stereocenters. The van der Waals surface area contributed by atoms with E-state index in [1.54, 1.807) is 24.3 Å². The number of hydrogen-bond acceptors (Lipinski definition) is 3. The first-order chi connectivity index (χ1) is 5.74. The molecule has 0 bridgehead atoms. The maximum atomic E-state index is 11.8. The summed E-state index contributed by atoms with van der Waals surface area (Å²) < 4.78 is 11.8. The number of rotatable bonds is 3. The number of hydrogen-bond donors (Lipinski definition) is 2. The third-order valence-electron chi connectivity index (χ3n) is 1.40. The topological polar surface area (TPSA) is 40.5 Å². The molecule has 1 aromatic rings. The van der Waals surface area contributed by atoms with Crippen molar-refractivity contribution < 1.29 is 14.4 Å². The third-order valence-corrected chi connectivity index (χ3v) is 2.11. The fraction of sp³-hybridized carbons (Fsp3) is 0.143. The van der Waals surface area contributed by atoms with Crippen molar-refractivity contribution in [3.8, 4) is 0 Å². The first kappa shape index (κ1) is 9.57. The molecule has 0 saturated carbocycles. The summed E-state index contributed by atoms with van der Waals surface area (Å²) in [6.45, 7) is 0. The largest absolute Gasteiger partial charge is 0.488 e. The fourth-order valence-corrected chi connectivity index (χ4v) is 1.25. The van der Waals surface area contributed by atoms with Gasteiger partial charge in [0.15, 0.2) is 0 Å². The molecular weight excluding hydrogens is 178 g/mol. The Balaban J connectivity index is 2.71. The van der Waals surface area contributed by atoms with E-state index in [1.807, 2.05) is 0 Å². The zero-order valence-corrected chi connectivity index (χ0v) is 7.09. The Morgan fingerprint density at radius 2 is 1.83 bits per heavy atom. The van der Waals surface area contributed by atoms with Crippen molar-refractivity contribution in [3.05, 3.63) is 24.3 Å². The summed E-state index contributed by atoms with van der Waals surface area (Å²) in [5.74, 6) is 0. The van der Waals surface area contributed by atoms with E-state index >= 15 is 0 Å². The number of benzene rings is 1. The van der Waals surface area contributed by atoms with Crippen molar-refractivity contribution in [2.24, 2.45) is 0 Å². The summed E-state index contributed by atoms with van der Waals surface area (Å²) in [4.78, 5) is 0.780. The van der Waals surface area contributed by atoms with Crippen LogP contribution in [0.15, 0.2) is 29.2 Å². The highest BCUT2D eigenvalue weighted by Gasteiger charge is 2.09. The third kappa shape index (κ3) is 2.51. The van der Waals surface area contributed by atoms with Gasteiger partial charge in [-0.05, 0) is 17.6 Å². The normalized spacial score (nSPS) is 9.92. The average molecular weight is 186 g/mol. The van der Waals surface area contributed by atoms with Gasteiger partial charge in [-0.25, -0.2) is 4.39 Å². The van der Waals surface area contributed by atoms with E-state index in [1.165, 1.54) is 0 Å². The van der Waals surface area contributed by atoms with Crippen LogP contribution >= 0.6 is 11.8 Å². The second kappa shape index (κ2) is 4.50. The van der Waals surface area contributed by atoms with Crippen molar-refractivity contribution in [1.82, 2.24) is 0 Å². The van der Waals surface area contributed by atoms with Crippen LogP contribution in [0.1, 0.15) is 0 Å². The Hall–Kier alpha value is -0.515. The Morgan fingerprint density at radius 3 is 2.25 bits per heavy atom. The monoisotopic (exact) mass is 186 g/mol. The summed E-state index contributed by atoms with van der Waals surface area (Å²) in [7, 11) is -1.45. The maximum Gasteiger partial charge on any atom is 0.488 e. The van der Waals surface area contributed by atoms with Gasteiger partial charge in [-0.1, -0.05) is 23.9 Å². The molecule has 0 spiro atoms. The fourth-order valence-electron chi connectivity index (χ4n) is 0.799. The van der Waals surface area contributed by atoms with Crippen molar-refractivity contribution in [2.45, 2.75) is 4.90 Å². The SMILES string of the molecule is OB(O)c1ccc(SCF)cc1. The molecular formula is C7H8BFO2S. The van der Waals surface area contributed by atoms with Crippen LogP contribution in [0.3, 0.4) is 0 Å². The molecule has 1 rings (SSSR count). The molecule has 0 aromatic heterocycles. The lowest BCUT2D eigenvalue weighted by Crippen LogP contribution is -2.29. The molecule has 1 aromatic carbocycles. The van der Waals surface area contributed by atoms with E-state index in [0.717, 1.165) is 16.7 Å². The number of alkyl halides is 1. The summed E-state index contributed by atoms with van der Waals surface area (Å²) >= 11 is 1.07. The van der Waals surface area contributed by atoms with E-state index in [9.17, 15) is 4.39 Å². The second-order valence-corrected chi connectivity index (χ2v) is 3.17. The molecule has 0 radical (unpaired) electrons. The summed E-state index contributed by atoms with van der Waals surface area (Å²) in [6, 6.07) is 5.95. The highest BCUT2D eigenvalue weighted by atomic mass is 32.2. The zero-order chi connectivity index (χ0) is 8.97. The summed E-state index contributed by atoms with van der Waals surface area (Å²) in [5.41, 5.74) is 0.415. The molecule has 12 heavy (non-hydrogen) atoms. The summed E-state index contributed by atoms with van der Waals surface area (Å²) in [6.07, 6.45) is 0. The predicted molar refractivity (Wildman–Crippen MR) is 48.1 cm³/mol. The van der Waals surface area contributed by atoms with Crippen LogP contribution in [0.25, 0.3) is 0 Å². The van der Waals surface area contributed by atoms with Crippen molar-refractivity contribution in [1.29, 1.82) is 0 Å². The minimum Gasteiger partial charge on any atom is -0.423 e. The van der Waals surface area contributed by atoms with E-state index < -0.39 is 13.1 Å². The lowest BCUT2D eigenvalue weighted by atomic mass is 9.81. The molecule has 5 heteroatoms. The summed E-state index contributed by atoms with van der Waals surface area (Å²) in [5, 5.41) is 17.4. The van der Waals surface area contributed by atoms with Gasteiger partial charge in [0.2, 0.25) is 0 Å². The Morgan fingerprint density at radius 1 is 1.25 bits per heavy atom. The quantitative estimate of drug-likeness (QED) is 0.529. The number of thioether (sulfide) groups is 1. The molecule has 0 aliphatic carbocycles. The van der Waals surface area contributed by atoms with Crippen molar-refractivity contribution >= 4 is 24.3 Å². The van der Waals surface area contributed by atoms with Gasteiger partial charge in [-0.2, -0.15) is 0 Å². The van der Waals surface area contributed by atoms with Gasteiger partial charge in [0.25, 0.3) is 0 Å². The highest BCUT2D eigenvalue weighted by molar-refractivity contribution is 7.99. The molecule has 2 N–H and O–H groups in total. The van der Waals surface area contributed by atoms with E-state index in [0.29, 0.717) is 5.46 Å². The second-order valence-electron chi connectivity index (χ2n) is 2.20. The Labute approximate surface area is 74.6 Å². The molecule has 0 fully saturated rings.